The number of hydrogen-bond donors (Lipinski definition) is 0. The molecule has 0 N–H and O–H groups in total. The van der Waals surface area contributed by atoms with Crippen molar-refractivity contribution in [3.05, 3.63) is 24.8 Å². The molecular weight excluding hydrogens is 220 g/mol. The van der Waals surface area contributed by atoms with E-state index in [9.17, 15) is 9.59 Å². The first-order chi connectivity index (χ1) is 8.17. The quantitative estimate of drug-likeness (QED) is 0.282. The topological polar surface area (TPSA) is 52.6 Å². The zero-order valence-corrected chi connectivity index (χ0v) is 10.5. The van der Waals surface area contributed by atoms with Gasteiger partial charge in [0, 0.05) is 0 Å². The molecule has 4 nitrogen and oxygen atoms in total. The molecule has 0 amide bonds. The van der Waals surface area contributed by atoms with Crippen LogP contribution in [0.2, 0.25) is 0 Å². The molecule has 0 unspecified atom stereocenters. The Hall–Kier alpha value is -1.58. The molecule has 0 spiro atoms. The Bertz CT molecular complexity index is 265. The summed E-state index contributed by atoms with van der Waals surface area (Å²) < 4.78 is 9.09. The third-order valence-electron chi connectivity index (χ3n) is 2.29. The highest BCUT2D eigenvalue weighted by atomic mass is 16.5. The number of allylic oxidation sites excluding steroid dienone is 3. The largest absolute Gasteiger partial charge is 0.468 e. The Labute approximate surface area is 102 Å². The predicted octanol–water partition coefficient (Wildman–Crippen LogP) is 2.25. The lowest BCUT2D eigenvalue weighted by atomic mass is 10.1. The molecule has 0 aromatic carbocycles. The van der Waals surface area contributed by atoms with E-state index in [1.807, 2.05) is 18.2 Å². The number of carbonyl (C=O) groups is 2. The van der Waals surface area contributed by atoms with Crippen molar-refractivity contribution in [1.29, 1.82) is 0 Å². The molecule has 4 heteroatoms. The van der Waals surface area contributed by atoms with Crippen molar-refractivity contribution in [2.45, 2.75) is 25.7 Å². The van der Waals surface area contributed by atoms with Gasteiger partial charge in [0.2, 0.25) is 0 Å². The summed E-state index contributed by atoms with van der Waals surface area (Å²) in [6.07, 6.45) is 8.81. The first-order valence-electron chi connectivity index (χ1n) is 5.58. The first kappa shape index (κ1) is 15.4. The first-order valence-corrected chi connectivity index (χ1v) is 5.58. The number of unbranched alkanes of at least 4 members (excludes halogenated alkanes) is 2. The molecule has 0 bridgehead atoms. The molecular formula is C13H20O4. The van der Waals surface area contributed by atoms with E-state index in [0.29, 0.717) is 6.42 Å². The fourth-order valence-corrected chi connectivity index (χ4v) is 1.30. The minimum atomic E-state index is -0.861. The van der Waals surface area contributed by atoms with Crippen molar-refractivity contribution in [2.75, 3.05) is 14.2 Å². The fraction of sp³-hybridized carbons (Fsp3) is 0.538. The summed E-state index contributed by atoms with van der Waals surface area (Å²) in [7, 11) is 2.51. The van der Waals surface area contributed by atoms with Crippen LogP contribution in [0.25, 0.3) is 0 Å². The van der Waals surface area contributed by atoms with Gasteiger partial charge in [-0.05, 0) is 25.7 Å². The van der Waals surface area contributed by atoms with Crippen LogP contribution in [0.4, 0.5) is 0 Å². The molecule has 0 aliphatic heterocycles. The summed E-state index contributed by atoms with van der Waals surface area (Å²) in [4.78, 5) is 22.6. The average molecular weight is 240 g/mol. The molecule has 0 aromatic rings. The molecule has 0 radical (unpaired) electrons. The SMILES string of the molecule is C=CCCCC=CCC(C(=O)OC)C(=O)OC. The minimum Gasteiger partial charge on any atom is -0.468 e. The number of ether oxygens (including phenoxy) is 2. The van der Waals surface area contributed by atoms with E-state index in [0.717, 1.165) is 19.3 Å². The molecule has 0 rings (SSSR count). The molecule has 0 atom stereocenters. The summed E-state index contributed by atoms with van der Waals surface area (Å²) in [6.45, 7) is 3.63. The van der Waals surface area contributed by atoms with Gasteiger partial charge in [-0.1, -0.05) is 18.2 Å². The summed E-state index contributed by atoms with van der Waals surface area (Å²) in [5, 5.41) is 0. The van der Waals surface area contributed by atoms with Crippen LogP contribution in [0.15, 0.2) is 24.8 Å². The van der Waals surface area contributed by atoms with Gasteiger partial charge in [-0.15, -0.1) is 6.58 Å². The van der Waals surface area contributed by atoms with Crippen LogP contribution in [0.5, 0.6) is 0 Å². The van der Waals surface area contributed by atoms with Gasteiger partial charge in [0.15, 0.2) is 5.92 Å². The van der Waals surface area contributed by atoms with Gasteiger partial charge < -0.3 is 9.47 Å². The molecule has 96 valence electrons. The molecule has 0 aliphatic rings. The second-order valence-electron chi connectivity index (χ2n) is 3.53. The lowest BCUT2D eigenvalue weighted by molar-refractivity contribution is -0.158. The molecule has 0 fully saturated rings. The summed E-state index contributed by atoms with van der Waals surface area (Å²) in [6, 6.07) is 0. The Balaban J connectivity index is 4.12. The average Bonchev–Trinajstić information content (AvgIpc) is 2.36. The highest BCUT2D eigenvalue weighted by Crippen LogP contribution is 2.09. The van der Waals surface area contributed by atoms with Crippen molar-refractivity contribution in [2.24, 2.45) is 5.92 Å². The standard InChI is InChI=1S/C13H20O4/c1-4-5-6-7-8-9-10-11(12(14)16-2)13(15)17-3/h4,8-9,11H,1,5-7,10H2,2-3H3. The Morgan fingerprint density at radius 1 is 1.12 bits per heavy atom. The number of carbonyl (C=O) groups excluding carboxylic acids is 2. The van der Waals surface area contributed by atoms with Crippen LogP contribution in [0, 0.1) is 5.92 Å². The second-order valence-corrected chi connectivity index (χ2v) is 3.53. The van der Waals surface area contributed by atoms with Gasteiger partial charge in [0.05, 0.1) is 14.2 Å². The van der Waals surface area contributed by atoms with E-state index in [1.54, 1.807) is 0 Å². The number of esters is 2. The van der Waals surface area contributed by atoms with Crippen LogP contribution in [-0.4, -0.2) is 26.2 Å². The van der Waals surface area contributed by atoms with Crippen molar-refractivity contribution in [3.8, 4) is 0 Å². The van der Waals surface area contributed by atoms with E-state index < -0.39 is 17.9 Å². The Kier molecular flexibility index (Phi) is 8.74. The van der Waals surface area contributed by atoms with Crippen LogP contribution in [-0.2, 0) is 19.1 Å². The second kappa shape index (κ2) is 9.63. The van der Waals surface area contributed by atoms with Crippen molar-refractivity contribution >= 4 is 11.9 Å². The van der Waals surface area contributed by atoms with E-state index in [4.69, 9.17) is 0 Å². The Morgan fingerprint density at radius 3 is 2.18 bits per heavy atom. The maximum absolute atomic E-state index is 11.3. The van der Waals surface area contributed by atoms with E-state index in [2.05, 4.69) is 16.1 Å². The summed E-state index contributed by atoms with van der Waals surface area (Å²) in [5.41, 5.74) is 0. The van der Waals surface area contributed by atoms with Gasteiger partial charge in [-0.2, -0.15) is 0 Å². The lowest BCUT2D eigenvalue weighted by Gasteiger charge is -2.09. The minimum absolute atomic E-state index is 0.313. The molecule has 0 saturated heterocycles. The third kappa shape index (κ3) is 6.56. The van der Waals surface area contributed by atoms with Gasteiger partial charge in [0.25, 0.3) is 0 Å². The Morgan fingerprint density at radius 2 is 1.71 bits per heavy atom. The fourth-order valence-electron chi connectivity index (χ4n) is 1.30. The highest BCUT2D eigenvalue weighted by Gasteiger charge is 2.26. The van der Waals surface area contributed by atoms with Crippen LogP contribution in [0.1, 0.15) is 25.7 Å². The molecule has 0 heterocycles. The van der Waals surface area contributed by atoms with E-state index in [-0.39, 0.29) is 0 Å². The van der Waals surface area contributed by atoms with Crippen LogP contribution in [0.3, 0.4) is 0 Å². The van der Waals surface area contributed by atoms with Crippen molar-refractivity contribution < 1.29 is 19.1 Å². The third-order valence-corrected chi connectivity index (χ3v) is 2.29. The number of rotatable bonds is 8. The van der Waals surface area contributed by atoms with E-state index >= 15 is 0 Å². The van der Waals surface area contributed by atoms with Gasteiger partial charge >= 0.3 is 11.9 Å². The zero-order chi connectivity index (χ0) is 13.1. The summed E-state index contributed by atoms with van der Waals surface area (Å²) in [5.74, 6) is -1.99. The monoisotopic (exact) mass is 240 g/mol. The number of hydrogen-bond acceptors (Lipinski definition) is 4. The maximum Gasteiger partial charge on any atom is 0.320 e. The molecule has 0 saturated carbocycles. The highest BCUT2D eigenvalue weighted by molar-refractivity contribution is 5.94. The van der Waals surface area contributed by atoms with Crippen LogP contribution >= 0.6 is 0 Å². The van der Waals surface area contributed by atoms with Gasteiger partial charge in [-0.25, -0.2) is 0 Å². The zero-order valence-electron chi connectivity index (χ0n) is 10.5. The maximum atomic E-state index is 11.3. The van der Waals surface area contributed by atoms with Gasteiger partial charge in [0.1, 0.15) is 0 Å². The molecule has 17 heavy (non-hydrogen) atoms. The number of methoxy groups -OCH3 is 2. The molecule has 0 aromatic heterocycles. The van der Waals surface area contributed by atoms with Gasteiger partial charge in [-0.3, -0.25) is 9.59 Å². The molecule has 0 aliphatic carbocycles. The van der Waals surface area contributed by atoms with Crippen molar-refractivity contribution in [3.63, 3.8) is 0 Å². The van der Waals surface area contributed by atoms with Crippen molar-refractivity contribution in [1.82, 2.24) is 0 Å². The van der Waals surface area contributed by atoms with E-state index in [1.165, 1.54) is 14.2 Å². The normalized spacial score (nSPS) is 10.5. The summed E-state index contributed by atoms with van der Waals surface area (Å²) >= 11 is 0. The lowest BCUT2D eigenvalue weighted by Crippen LogP contribution is -2.25. The predicted molar refractivity (Wildman–Crippen MR) is 65.3 cm³/mol. The smallest absolute Gasteiger partial charge is 0.320 e. The van der Waals surface area contributed by atoms with Crippen LogP contribution < -0.4 is 0 Å².